The number of rotatable bonds is 5. The lowest BCUT2D eigenvalue weighted by Crippen LogP contribution is -2.45. The number of allylic oxidation sites excluding steroid dienone is 3. The van der Waals surface area contributed by atoms with Crippen molar-refractivity contribution in [3.63, 3.8) is 0 Å². The summed E-state index contributed by atoms with van der Waals surface area (Å²) in [7, 11) is 0. The number of hydrogen-bond acceptors (Lipinski definition) is 4. The summed E-state index contributed by atoms with van der Waals surface area (Å²) in [6, 6.07) is 0. The van der Waals surface area contributed by atoms with Crippen LogP contribution in [0.3, 0.4) is 0 Å². The molecule has 0 amide bonds. The van der Waals surface area contributed by atoms with E-state index < -0.39 is 11.7 Å². The first-order chi connectivity index (χ1) is 12.0. The normalized spacial score (nSPS) is 36.0. The van der Waals surface area contributed by atoms with Crippen molar-refractivity contribution in [2.75, 3.05) is 0 Å². The Morgan fingerprint density at radius 2 is 2.12 bits per heavy atom. The zero-order valence-electron chi connectivity index (χ0n) is 16.7. The molecule has 0 aromatic heterocycles. The van der Waals surface area contributed by atoms with Gasteiger partial charge in [-0.05, 0) is 57.9 Å². The number of aliphatic hydroxyl groups excluding tert-OH is 1. The van der Waals surface area contributed by atoms with Crippen molar-refractivity contribution in [3.8, 4) is 0 Å². The van der Waals surface area contributed by atoms with E-state index in [1.165, 1.54) is 6.92 Å². The van der Waals surface area contributed by atoms with Gasteiger partial charge in [0.1, 0.15) is 6.10 Å². The molecular weight excluding hydrogens is 328 g/mol. The Balaban J connectivity index is 2.19. The van der Waals surface area contributed by atoms with Crippen molar-refractivity contribution in [3.05, 3.63) is 36.0 Å². The SMILES string of the molecule is C=C1CC[C@H]([C@H](C)C[C@H](C=C(C)C)OC(C)=O)[C@H](O)[C@H]2[C@@H]1C=C[C@]2(C)O. The summed E-state index contributed by atoms with van der Waals surface area (Å²) >= 11 is 0. The number of ether oxygens (including phenoxy) is 1. The molecule has 1 saturated carbocycles. The van der Waals surface area contributed by atoms with Crippen LogP contribution in [0.4, 0.5) is 0 Å². The molecule has 2 aliphatic carbocycles. The first-order valence-electron chi connectivity index (χ1n) is 9.62. The Hall–Kier alpha value is -1.39. The van der Waals surface area contributed by atoms with Crippen LogP contribution in [-0.2, 0) is 9.53 Å². The number of fused-ring (bicyclic) bond motifs is 1. The third-order valence-corrected chi connectivity index (χ3v) is 5.95. The maximum absolute atomic E-state index is 11.4. The topological polar surface area (TPSA) is 66.8 Å². The molecule has 0 aromatic carbocycles. The van der Waals surface area contributed by atoms with Crippen LogP contribution in [-0.4, -0.2) is 34.0 Å². The van der Waals surface area contributed by atoms with Gasteiger partial charge in [-0.1, -0.05) is 36.8 Å². The van der Waals surface area contributed by atoms with Gasteiger partial charge in [-0.25, -0.2) is 0 Å². The molecular formula is C22H34O4. The molecule has 0 heterocycles. The van der Waals surface area contributed by atoms with Crippen LogP contribution in [0, 0.1) is 23.7 Å². The average molecular weight is 363 g/mol. The number of aliphatic hydroxyl groups is 2. The summed E-state index contributed by atoms with van der Waals surface area (Å²) in [6.45, 7) is 13.5. The molecule has 146 valence electrons. The van der Waals surface area contributed by atoms with E-state index >= 15 is 0 Å². The smallest absolute Gasteiger partial charge is 0.303 e. The molecule has 0 saturated heterocycles. The van der Waals surface area contributed by atoms with Crippen molar-refractivity contribution in [1.82, 2.24) is 0 Å². The summed E-state index contributed by atoms with van der Waals surface area (Å²) in [5, 5.41) is 21.9. The van der Waals surface area contributed by atoms with Gasteiger partial charge in [-0.15, -0.1) is 0 Å². The van der Waals surface area contributed by atoms with E-state index in [1.54, 1.807) is 13.0 Å². The highest BCUT2D eigenvalue weighted by atomic mass is 16.5. The van der Waals surface area contributed by atoms with E-state index in [-0.39, 0.29) is 35.7 Å². The Morgan fingerprint density at radius 1 is 1.46 bits per heavy atom. The molecule has 2 N–H and O–H groups in total. The quantitative estimate of drug-likeness (QED) is 0.577. The standard InChI is InChI=1S/C22H34O4/c1-13(2)11-17(26-16(5)23)12-15(4)19-8-7-14(3)18-9-10-22(6,25)20(18)21(19)24/h9-11,15,17-21,24-25H,3,7-8,12H2,1-2,4-6H3/t15-,17+,18-,19-,20-,21+,22+/m1/s1. The molecule has 0 spiro atoms. The molecule has 4 heteroatoms. The second-order valence-corrected chi connectivity index (χ2v) is 8.59. The molecule has 4 nitrogen and oxygen atoms in total. The van der Waals surface area contributed by atoms with Gasteiger partial charge in [0.15, 0.2) is 0 Å². The minimum atomic E-state index is -1.02. The van der Waals surface area contributed by atoms with Crippen LogP contribution in [0.1, 0.15) is 53.9 Å². The molecule has 26 heavy (non-hydrogen) atoms. The summed E-state index contributed by atoms with van der Waals surface area (Å²) in [5.41, 5.74) is 1.16. The monoisotopic (exact) mass is 362 g/mol. The van der Waals surface area contributed by atoms with E-state index in [4.69, 9.17) is 4.74 Å². The maximum atomic E-state index is 11.4. The highest BCUT2D eigenvalue weighted by molar-refractivity contribution is 5.66. The first-order valence-corrected chi connectivity index (χ1v) is 9.62. The van der Waals surface area contributed by atoms with Crippen LogP contribution in [0.5, 0.6) is 0 Å². The Bertz CT molecular complexity index is 597. The lowest BCUT2D eigenvalue weighted by atomic mass is 9.73. The van der Waals surface area contributed by atoms with E-state index in [0.29, 0.717) is 6.42 Å². The molecule has 2 aliphatic rings. The van der Waals surface area contributed by atoms with E-state index in [9.17, 15) is 15.0 Å². The number of carbonyl (C=O) groups is 1. The summed E-state index contributed by atoms with van der Waals surface area (Å²) in [5.74, 6) is -0.359. The Kier molecular flexibility index (Phi) is 6.51. The van der Waals surface area contributed by atoms with Gasteiger partial charge in [0.25, 0.3) is 0 Å². The van der Waals surface area contributed by atoms with Gasteiger partial charge in [0.05, 0.1) is 11.7 Å². The fourth-order valence-corrected chi connectivity index (χ4v) is 4.69. The van der Waals surface area contributed by atoms with Crippen molar-refractivity contribution in [2.45, 2.75) is 71.7 Å². The van der Waals surface area contributed by atoms with Crippen LogP contribution >= 0.6 is 0 Å². The predicted molar refractivity (Wildman–Crippen MR) is 103 cm³/mol. The highest BCUT2D eigenvalue weighted by Crippen LogP contribution is 2.48. The lowest BCUT2D eigenvalue weighted by Gasteiger charge is -2.38. The van der Waals surface area contributed by atoms with Crippen LogP contribution in [0.15, 0.2) is 36.0 Å². The highest BCUT2D eigenvalue weighted by Gasteiger charge is 2.49. The second kappa shape index (κ2) is 8.10. The van der Waals surface area contributed by atoms with Gasteiger partial charge in [-0.2, -0.15) is 0 Å². The third-order valence-electron chi connectivity index (χ3n) is 5.95. The van der Waals surface area contributed by atoms with E-state index in [1.807, 2.05) is 26.0 Å². The Morgan fingerprint density at radius 3 is 2.69 bits per heavy atom. The van der Waals surface area contributed by atoms with Gasteiger partial charge < -0.3 is 14.9 Å². The first kappa shape index (κ1) is 20.9. The lowest BCUT2D eigenvalue weighted by molar-refractivity contribution is -0.145. The fourth-order valence-electron chi connectivity index (χ4n) is 4.69. The van der Waals surface area contributed by atoms with Crippen molar-refractivity contribution in [2.24, 2.45) is 23.7 Å². The maximum Gasteiger partial charge on any atom is 0.303 e. The molecule has 0 aromatic rings. The van der Waals surface area contributed by atoms with Crippen LogP contribution in [0.25, 0.3) is 0 Å². The van der Waals surface area contributed by atoms with E-state index in [0.717, 1.165) is 24.0 Å². The molecule has 0 aliphatic heterocycles. The van der Waals surface area contributed by atoms with Gasteiger partial charge in [0.2, 0.25) is 0 Å². The van der Waals surface area contributed by atoms with Crippen LogP contribution in [0.2, 0.25) is 0 Å². The van der Waals surface area contributed by atoms with Crippen LogP contribution < -0.4 is 0 Å². The molecule has 0 bridgehead atoms. The number of carbonyl (C=O) groups excluding carboxylic acids is 1. The predicted octanol–water partition coefficient (Wildman–Crippen LogP) is 3.79. The minimum absolute atomic E-state index is 0.0248. The minimum Gasteiger partial charge on any atom is -0.458 e. The third kappa shape index (κ3) is 4.66. The molecule has 7 atom stereocenters. The fraction of sp³-hybridized carbons (Fsp3) is 0.682. The largest absolute Gasteiger partial charge is 0.458 e. The van der Waals surface area contributed by atoms with Crippen molar-refractivity contribution in [1.29, 1.82) is 0 Å². The molecule has 1 fully saturated rings. The van der Waals surface area contributed by atoms with Gasteiger partial charge >= 0.3 is 5.97 Å². The summed E-state index contributed by atoms with van der Waals surface area (Å²) < 4.78 is 5.46. The molecule has 0 unspecified atom stereocenters. The number of esters is 1. The van der Waals surface area contributed by atoms with Gasteiger partial charge in [0, 0.05) is 18.8 Å². The molecule has 2 rings (SSSR count). The molecule has 0 radical (unpaired) electrons. The van der Waals surface area contributed by atoms with E-state index in [2.05, 4.69) is 13.5 Å². The number of hydrogen-bond donors (Lipinski definition) is 2. The average Bonchev–Trinajstić information content (AvgIpc) is 2.73. The Labute approximate surface area is 157 Å². The second-order valence-electron chi connectivity index (χ2n) is 8.59. The van der Waals surface area contributed by atoms with Gasteiger partial charge in [-0.3, -0.25) is 4.79 Å². The zero-order valence-corrected chi connectivity index (χ0v) is 16.7. The van der Waals surface area contributed by atoms with Crippen molar-refractivity contribution >= 4 is 5.97 Å². The summed E-state index contributed by atoms with van der Waals surface area (Å²) in [6.07, 6.45) is 7.19. The zero-order chi connectivity index (χ0) is 19.6. The van der Waals surface area contributed by atoms with Crippen molar-refractivity contribution < 1.29 is 19.7 Å². The summed E-state index contributed by atoms with van der Waals surface area (Å²) in [4.78, 5) is 11.4.